The lowest BCUT2D eigenvalue weighted by molar-refractivity contribution is -0.121. The molecule has 4 rings (SSSR count). The summed E-state index contributed by atoms with van der Waals surface area (Å²) >= 11 is 1.23. The first-order valence-electron chi connectivity index (χ1n) is 10.8. The highest BCUT2D eigenvalue weighted by atomic mass is 32.2. The van der Waals surface area contributed by atoms with Gasteiger partial charge in [0.1, 0.15) is 11.5 Å². The molecule has 0 spiro atoms. The molecular weight excluding hydrogens is 452 g/mol. The second-order valence-corrected chi connectivity index (χ2v) is 8.46. The molecule has 0 radical (unpaired) electrons. The van der Waals surface area contributed by atoms with Gasteiger partial charge in [-0.25, -0.2) is 9.79 Å². The van der Waals surface area contributed by atoms with Crippen molar-refractivity contribution >= 4 is 51.3 Å². The van der Waals surface area contributed by atoms with E-state index in [2.05, 4.69) is 4.99 Å². The van der Waals surface area contributed by atoms with Crippen LogP contribution in [0.25, 0.3) is 16.8 Å². The number of thioether (sulfide) groups is 1. The van der Waals surface area contributed by atoms with Gasteiger partial charge in [0.2, 0.25) is 0 Å². The molecule has 1 heterocycles. The summed E-state index contributed by atoms with van der Waals surface area (Å²) in [6, 6.07) is 16.0. The minimum atomic E-state index is -1.03. The van der Waals surface area contributed by atoms with Crippen LogP contribution >= 0.6 is 11.8 Å². The average molecular weight is 477 g/mol. The van der Waals surface area contributed by atoms with Crippen LogP contribution in [0.2, 0.25) is 0 Å². The van der Waals surface area contributed by atoms with Gasteiger partial charge in [0, 0.05) is 12.6 Å². The number of rotatable bonds is 7. The molecule has 0 bridgehead atoms. The Balaban J connectivity index is 1.77. The van der Waals surface area contributed by atoms with E-state index in [1.807, 2.05) is 50.3 Å². The standard InChI is InChI=1S/C26H24N2O5S/c1-4-32-19-11-9-16-10-12-22(33-5-2)21(20(16)14-19)15-23-24(29)28(3)26(34-23)27-18-8-6-7-17(13-18)25(30)31/h6-15H,4-5H2,1-3H3,(H,30,31). The fraction of sp³-hybridized carbons (Fsp3) is 0.192. The van der Waals surface area contributed by atoms with Crippen molar-refractivity contribution in [2.75, 3.05) is 20.3 Å². The lowest BCUT2D eigenvalue weighted by atomic mass is 10.0. The van der Waals surface area contributed by atoms with Gasteiger partial charge in [-0.1, -0.05) is 18.2 Å². The highest BCUT2D eigenvalue weighted by Crippen LogP contribution is 2.38. The van der Waals surface area contributed by atoms with Crippen LogP contribution in [0.1, 0.15) is 29.8 Å². The summed E-state index contributed by atoms with van der Waals surface area (Å²) in [5, 5.41) is 11.6. The molecule has 0 atom stereocenters. The molecule has 8 heteroatoms. The largest absolute Gasteiger partial charge is 0.494 e. The summed E-state index contributed by atoms with van der Waals surface area (Å²) in [7, 11) is 1.65. The number of carboxylic acid groups (broad SMARTS) is 1. The van der Waals surface area contributed by atoms with Crippen molar-refractivity contribution in [1.82, 2.24) is 4.90 Å². The van der Waals surface area contributed by atoms with Crippen molar-refractivity contribution in [1.29, 1.82) is 0 Å². The second kappa shape index (κ2) is 10.0. The number of amides is 1. The predicted octanol–water partition coefficient (Wildman–Crippen LogP) is 5.57. The predicted molar refractivity (Wildman–Crippen MR) is 135 cm³/mol. The zero-order chi connectivity index (χ0) is 24.2. The van der Waals surface area contributed by atoms with Crippen molar-refractivity contribution in [3.05, 3.63) is 70.6 Å². The third kappa shape index (κ3) is 4.77. The zero-order valence-corrected chi connectivity index (χ0v) is 19.9. The molecule has 0 unspecified atom stereocenters. The third-order valence-corrected chi connectivity index (χ3v) is 6.26. The van der Waals surface area contributed by atoms with Crippen molar-refractivity contribution in [2.45, 2.75) is 13.8 Å². The highest BCUT2D eigenvalue weighted by molar-refractivity contribution is 8.18. The summed E-state index contributed by atoms with van der Waals surface area (Å²) in [6.45, 7) is 4.88. The summed E-state index contributed by atoms with van der Waals surface area (Å²) in [5.74, 6) is 0.189. The van der Waals surface area contributed by atoms with Gasteiger partial charge in [-0.15, -0.1) is 0 Å². The Labute approximate surface area is 201 Å². The summed E-state index contributed by atoms with van der Waals surface area (Å²) in [4.78, 5) is 30.8. The van der Waals surface area contributed by atoms with Crippen molar-refractivity contribution in [3.8, 4) is 11.5 Å². The molecule has 7 nitrogen and oxygen atoms in total. The highest BCUT2D eigenvalue weighted by Gasteiger charge is 2.31. The molecule has 174 valence electrons. The molecule has 1 fully saturated rings. The molecule has 34 heavy (non-hydrogen) atoms. The summed E-state index contributed by atoms with van der Waals surface area (Å²) in [6.07, 6.45) is 1.82. The van der Waals surface area contributed by atoms with Crippen molar-refractivity contribution in [3.63, 3.8) is 0 Å². The van der Waals surface area contributed by atoms with E-state index in [0.29, 0.717) is 34.7 Å². The number of amidine groups is 1. The Bertz CT molecular complexity index is 1330. The van der Waals surface area contributed by atoms with Gasteiger partial charge in [0.25, 0.3) is 5.91 Å². The average Bonchev–Trinajstić information content (AvgIpc) is 3.08. The first-order chi connectivity index (χ1) is 16.4. The van der Waals surface area contributed by atoms with E-state index >= 15 is 0 Å². The van der Waals surface area contributed by atoms with Gasteiger partial charge in [0.05, 0.1) is 29.4 Å². The van der Waals surface area contributed by atoms with Gasteiger partial charge in [-0.2, -0.15) is 0 Å². The number of carboxylic acids is 1. The SMILES string of the molecule is CCOc1ccc2ccc(OCC)c(C=C3SC(=Nc4cccc(C(=O)O)c4)N(C)C3=O)c2c1. The smallest absolute Gasteiger partial charge is 0.335 e. The van der Waals surface area contributed by atoms with Gasteiger partial charge in [-0.3, -0.25) is 9.69 Å². The van der Waals surface area contributed by atoms with Crippen LogP contribution in [-0.4, -0.2) is 47.3 Å². The Kier molecular flexibility index (Phi) is 6.88. The first-order valence-corrected chi connectivity index (χ1v) is 11.6. The number of nitrogens with zero attached hydrogens (tertiary/aromatic N) is 2. The van der Waals surface area contributed by atoms with E-state index in [0.717, 1.165) is 22.1 Å². The number of benzene rings is 3. The van der Waals surface area contributed by atoms with Crippen molar-refractivity contribution < 1.29 is 24.2 Å². The number of ether oxygens (including phenoxy) is 2. The van der Waals surface area contributed by atoms with E-state index < -0.39 is 5.97 Å². The minimum absolute atomic E-state index is 0.136. The maximum atomic E-state index is 13.1. The van der Waals surface area contributed by atoms with Gasteiger partial charge >= 0.3 is 5.97 Å². The Morgan fingerprint density at radius 2 is 1.85 bits per heavy atom. The fourth-order valence-corrected chi connectivity index (χ4v) is 4.56. The monoisotopic (exact) mass is 476 g/mol. The van der Waals surface area contributed by atoms with Crippen LogP contribution in [-0.2, 0) is 4.79 Å². The molecule has 0 aliphatic carbocycles. The first kappa shape index (κ1) is 23.4. The molecule has 3 aromatic carbocycles. The Morgan fingerprint density at radius 3 is 2.59 bits per heavy atom. The van der Waals surface area contributed by atoms with E-state index in [9.17, 15) is 14.7 Å². The molecule has 3 aromatic rings. The second-order valence-electron chi connectivity index (χ2n) is 7.45. The number of likely N-dealkylation sites (N-methyl/N-ethyl adjacent to an activating group) is 1. The summed E-state index contributed by atoms with van der Waals surface area (Å²) < 4.78 is 11.6. The molecule has 1 saturated heterocycles. The number of carbonyl (C=O) groups is 2. The molecule has 0 aromatic heterocycles. The van der Waals surface area contributed by atoms with Crippen LogP contribution in [0.5, 0.6) is 11.5 Å². The number of carbonyl (C=O) groups excluding carboxylic acids is 1. The molecule has 1 N–H and O–H groups in total. The molecule has 1 aliphatic rings. The fourth-order valence-electron chi connectivity index (χ4n) is 3.59. The summed E-state index contributed by atoms with van der Waals surface area (Å²) in [5.41, 5.74) is 1.39. The number of hydrogen-bond acceptors (Lipinski definition) is 6. The Hall–Kier alpha value is -3.78. The molecule has 0 saturated carbocycles. The van der Waals surface area contributed by atoms with Crippen LogP contribution in [0.3, 0.4) is 0 Å². The van der Waals surface area contributed by atoms with Crippen LogP contribution in [0.15, 0.2) is 64.5 Å². The zero-order valence-electron chi connectivity index (χ0n) is 19.1. The maximum Gasteiger partial charge on any atom is 0.335 e. The van der Waals surface area contributed by atoms with Gasteiger partial charge < -0.3 is 14.6 Å². The third-order valence-electron chi connectivity index (χ3n) is 5.20. The van der Waals surface area contributed by atoms with E-state index in [1.165, 1.54) is 28.8 Å². The van der Waals surface area contributed by atoms with Crippen LogP contribution in [0.4, 0.5) is 5.69 Å². The normalized spacial score (nSPS) is 16.0. The topological polar surface area (TPSA) is 88.4 Å². The lowest BCUT2D eigenvalue weighted by Crippen LogP contribution is -2.23. The minimum Gasteiger partial charge on any atom is -0.494 e. The van der Waals surface area contributed by atoms with Gasteiger partial charge in [0.15, 0.2) is 5.17 Å². The number of aromatic carboxylic acids is 1. The van der Waals surface area contributed by atoms with Crippen LogP contribution in [0, 0.1) is 0 Å². The molecular formula is C26H24N2O5S. The maximum absolute atomic E-state index is 13.1. The van der Waals surface area contributed by atoms with E-state index in [-0.39, 0.29) is 11.5 Å². The van der Waals surface area contributed by atoms with E-state index in [1.54, 1.807) is 19.2 Å². The number of hydrogen-bond donors (Lipinski definition) is 1. The molecule has 1 amide bonds. The van der Waals surface area contributed by atoms with Crippen LogP contribution < -0.4 is 9.47 Å². The quantitative estimate of drug-likeness (QED) is 0.449. The number of fused-ring (bicyclic) bond motifs is 1. The Morgan fingerprint density at radius 1 is 1.09 bits per heavy atom. The molecule has 1 aliphatic heterocycles. The van der Waals surface area contributed by atoms with Crippen molar-refractivity contribution in [2.24, 2.45) is 4.99 Å². The number of aliphatic imine (C=N–C) groups is 1. The van der Waals surface area contributed by atoms with Gasteiger partial charge in [-0.05, 0) is 78.9 Å². The lowest BCUT2D eigenvalue weighted by Gasteiger charge is -2.12. The van der Waals surface area contributed by atoms with E-state index in [4.69, 9.17) is 9.47 Å².